The lowest BCUT2D eigenvalue weighted by atomic mass is 9.97. The Morgan fingerprint density at radius 3 is 2.76 bits per heavy atom. The zero-order valence-electron chi connectivity index (χ0n) is 9.56. The average molecular weight is 258 g/mol. The lowest BCUT2D eigenvalue weighted by molar-refractivity contribution is 0.0137. The molecular weight excluding hydrogens is 242 g/mol. The number of aldehydes is 1. The van der Waals surface area contributed by atoms with Crippen molar-refractivity contribution in [3.63, 3.8) is 0 Å². The first kappa shape index (κ1) is 14.1. The van der Waals surface area contributed by atoms with Crippen LogP contribution in [0.1, 0.15) is 28.4 Å². The number of benzene rings is 1. The maximum Gasteiger partial charge on any atom is 0.151 e. The Morgan fingerprint density at radius 1 is 1.47 bits per heavy atom. The number of nitrogens with one attached hydrogen (secondary N) is 1. The molecule has 0 aliphatic rings. The normalized spacial score (nSPS) is 14.4. The van der Waals surface area contributed by atoms with E-state index in [0.717, 1.165) is 0 Å². The quantitative estimate of drug-likeness (QED) is 0.669. The predicted octanol–water partition coefficient (Wildman–Crippen LogP) is 1.16. The summed E-state index contributed by atoms with van der Waals surface area (Å²) in [5.41, 5.74) is 0.585. The summed E-state index contributed by atoms with van der Waals surface area (Å²) in [5.74, 6) is 0. The number of halogens is 1. The van der Waals surface area contributed by atoms with Gasteiger partial charge in [-0.2, -0.15) is 0 Å². The maximum absolute atomic E-state index is 10.9. The van der Waals surface area contributed by atoms with E-state index in [4.69, 9.17) is 11.6 Å². The van der Waals surface area contributed by atoms with Gasteiger partial charge in [0.15, 0.2) is 6.29 Å². The zero-order chi connectivity index (χ0) is 12.8. The molecule has 4 nitrogen and oxygen atoms in total. The molecule has 94 valence electrons. The van der Waals surface area contributed by atoms with Crippen LogP contribution in [0.3, 0.4) is 0 Å². The Kier molecular flexibility index (Phi) is 5.58. The average Bonchev–Trinajstić information content (AvgIpc) is 2.34. The molecule has 0 aliphatic carbocycles. The third-order valence-electron chi connectivity index (χ3n) is 2.58. The van der Waals surface area contributed by atoms with Crippen molar-refractivity contribution in [2.75, 3.05) is 13.6 Å². The number of aliphatic hydroxyl groups is 2. The first-order chi connectivity index (χ1) is 8.11. The van der Waals surface area contributed by atoms with Gasteiger partial charge in [-0.3, -0.25) is 4.79 Å². The molecule has 0 bridgehead atoms. The van der Waals surface area contributed by atoms with E-state index in [1.54, 1.807) is 25.2 Å². The number of hydrogen-bond donors (Lipinski definition) is 3. The summed E-state index contributed by atoms with van der Waals surface area (Å²) in [6.45, 7) is 0.579. The highest BCUT2D eigenvalue weighted by molar-refractivity contribution is 6.33. The van der Waals surface area contributed by atoms with E-state index in [2.05, 4.69) is 5.32 Å². The monoisotopic (exact) mass is 257 g/mol. The van der Waals surface area contributed by atoms with Gasteiger partial charge in [-0.1, -0.05) is 23.7 Å². The van der Waals surface area contributed by atoms with Crippen LogP contribution in [0.4, 0.5) is 0 Å². The summed E-state index contributed by atoms with van der Waals surface area (Å²) in [4.78, 5) is 10.9. The van der Waals surface area contributed by atoms with E-state index in [0.29, 0.717) is 24.8 Å². The molecule has 0 fully saturated rings. The molecule has 0 amide bonds. The van der Waals surface area contributed by atoms with Crippen molar-refractivity contribution < 1.29 is 15.0 Å². The maximum atomic E-state index is 10.9. The Morgan fingerprint density at radius 2 is 2.18 bits per heavy atom. The Hall–Kier alpha value is -0.940. The molecule has 2 atom stereocenters. The number of carbonyl (C=O) groups excluding carboxylic acids is 1. The fraction of sp³-hybridized carbons (Fsp3) is 0.417. The highest BCUT2D eigenvalue weighted by Crippen LogP contribution is 2.26. The van der Waals surface area contributed by atoms with Gasteiger partial charge in [-0.05, 0) is 31.6 Å². The molecule has 5 heteroatoms. The minimum atomic E-state index is -1.11. The lowest BCUT2D eigenvalue weighted by Gasteiger charge is -2.19. The first-order valence-corrected chi connectivity index (χ1v) is 5.74. The fourth-order valence-electron chi connectivity index (χ4n) is 1.59. The molecular formula is C12H16ClNO3. The summed E-state index contributed by atoms with van der Waals surface area (Å²) < 4.78 is 0. The van der Waals surface area contributed by atoms with E-state index in [9.17, 15) is 15.0 Å². The summed E-state index contributed by atoms with van der Waals surface area (Å²) in [5, 5.41) is 22.9. The summed E-state index contributed by atoms with van der Waals surface area (Å²) >= 11 is 5.85. The Labute approximate surface area is 105 Å². The van der Waals surface area contributed by atoms with E-state index in [1.165, 1.54) is 0 Å². The highest BCUT2D eigenvalue weighted by Gasteiger charge is 2.21. The topological polar surface area (TPSA) is 69.6 Å². The van der Waals surface area contributed by atoms with Gasteiger partial charge in [0.2, 0.25) is 0 Å². The standard InChI is InChI=1S/C12H16ClNO3/c1-14-6-5-11(16)12(17)8-3-2-4-10(13)9(8)7-15/h2-4,7,11-12,14,16-17H,5-6H2,1H3. The minimum Gasteiger partial charge on any atom is -0.390 e. The van der Waals surface area contributed by atoms with Crippen LogP contribution in [0.25, 0.3) is 0 Å². The van der Waals surface area contributed by atoms with Crippen LogP contribution in [0.2, 0.25) is 5.02 Å². The SMILES string of the molecule is CNCCC(O)C(O)c1cccc(Cl)c1C=O. The summed E-state index contributed by atoms with van der Waals surface area (Å²) in [6, 6.07) is 4.79. The van der Waals surface area contributed by atoms with Gasteiger partial charge < -0.3 is 15.5 Å². The molecule has 0 saturated heterocycles. The van der Waals surface area contributed by atoms with Crippen molar-refractivity contribution in [2.24, 2.45) is 0 Å². The molecule has 1 aromatic rings. The third kappa shape index (κ3) is 3.51. The molecule has 0 spiro atoms. The van der Waals surface area contributed by atoms with Crippen molar-refractivity contribution >= 4 is 17.9 Å². The van der Waals surface area contributed by atoms with E-state index >= 15 is 0 Å². The van der Waals surface area contributed by atoms with E-state index in [-0.39, 0.29) is 10.6 Å². The summed E-state index contributed by atoms with van der Waals surface area (Å²) in [7, 11) is 1.76. The molecule has 3 N–H and O–H groups in total. The van der Waals surface area contributed by atoms with Gasteiger partial charge >= 0.3 is 0 Å². The molecule has 0 radical (unpaired) electrons. The van der Waals surface area contributed by atoms with Crippen LogP contribution >= 0.6 is 11.6 Å². The Bertz CT molecular complexity index is 384. The van der Waals surface area contributed by atoms with Crippen molar-refractivity contribution in [3.8, 4) is 0 Å². The first-order valence-electron chi connectivity index (χ1n) is 5.36. The van der Waals surface area contributed by atoms with Crippen molar-refractivity contribution in [3.05, 3.63) is 34.3 Å². The van der Waals surface area contributed by atoms with Crippen LogP contribution in [-0.4, -0.2) is 36.2 Å². The van der Waals surface area contributed by atoms with Crippen molar-refractivity contribution in [1.82, 2.24) is 5.32 Å². The second-order valence-corrected chi connectivity index (χ2v) is 4.17. The second kappa shape index (κ2) is 6.71. The number of rotatable bonds is 6. The zero-order valence-corrected chi connectivity index (χ0v) is 10.3. The molecule has 0 aliphatic heterocycles. The largest absolute Gasteiger partial charge is 0.390 e. The number of carbonyl (C=O) groups is 1. The number of aliphatic hydroxyl groups excluding tert-OH is 2. The predicted molar refractivity (Wildman–Crippen MR) is 66.3 cm³/mol. The molecule has 0 aromatic heterocycles. The van der Waals surface area contributed by atoms with Gasteiger partial charge in [0, 0.05) is 5.56 Å². The molecule has 17 heavy (non-hydrogen) atoms. The van der Waals surface area contributed by atoms with Gasteiger partial charge in [-0.25, -0.2) is 0 Å². The molecule has 2 unspecified atom stereocenters. The molecule has 1 aromatic carbocycles. The lowest BCUT2D eigenvalue weighted by Crippen LogP contribution is -2.24. The summed E-state index contributed by atoms with van der Waals surface area (Å²) in [6.07, 6.45) is -1.06. The second-order valence-electron chi connectivity index (χ2n) is 3.77. The van der Waals surface area contributed by atoms with Gasteiger partial charge in [-0.15, -0.1) is 0 Å². The van der Waals surface area contributed by atoms with Crippen molar-refractivity contribution in [1.29, 1.82) is 0 Å². The Balaban J connectivity index is 2.91. The number of hydrogen-bond acceptors (Lipinski definition) is 4. The molecule has 0 saturated carbocycles. The third-order valence-corrected chi connectivity index (χ3v) is 2.91. The van der Waals surface area contributed by atoms with Crippen LogP contribution in [0.5, 0.6) is 0 Å². The van der Waals surface area contributed by atoms with Crippen molar-refractivity contribution in [2.45, 2.75) is 18.6 Å². The van der Waals surface area contributed by atoms with Gasteiger partial charge in [0.1, 0.15) is 6.10 Å². The molecule has 0 heterocycles. The van der Waals surface area contributed by atoms with Gasteiger partial charge in [0.05, 0.1) is 11.1 Å². The van der Waals surface area contributed by atoms with E-state index < -0.39 is 12.2 Å². The minimum absolute atomic E-state index is 0.227. The highest BCUT2D eigenvalue weighted by atomic mass is 35.5. The fourth-order valence-corrected chi connectivity index (χ4v) is 1.82. The molecule has 1 rings (SSSR count). The van der Waals surface area contributed by atoms with Crippen LogP contribution in [0.15, 0.2) is 18.2 Å². The van der Waals surface area contributed by atoms with Crippen LogP contribution in [0, 0.1) is 0 Å². The van der Waals surface area contributed by atoms with Crippen LogP contribution in [-0.2, 0) is 0 Å². The van der Waals surface area contributed by atoms with E-state index in [1.807, 2.05) is 0 Å². The smallest absolute Gasteiger partial charge is 0.151 e. The van der Waals surface area contributed by atoms with Gasteiger partial charge in [0.25, 0.3) is 0 Å². The van der Waals surface area contributed by atoms with Crippen LogP contribution < -0.4 is 5.32 Å².